The average Bonchev–Trinajstić information content (AvgIpc) is 2.17. The van der Waals surface area contributed by atoms with Crippen molar-refractivity contribution in [2.24, 2.45) is 0 Å². The standard InChI is InChI=1S/C10H10O4/c1-10(14,9(12)13)8(11)7-5-3-2-4-6-7/h2-6,14H,1H3,(H,12,13)/t10-/m1/s1. The minimum absolute atomic E-state index is 0.180. The van der Waals surface area contributed by atoms with Crippen LogP contribution in [0.2, 0.25) is 0 Å². The number of carbonyl (C=O) groups is 2. The first kappa shape index (κ1) is 10.4. The van der Waals surface area contributed by atoms with Crippen LogP contribution in [0.4, 0.5) is 0 Å². The maximum atomic E-state index is 11.5. The maximum absolute atomic E-state index is 11.5. The predicted octanol–water partition coefficient (Wildman–Crippen LogP) is 0.705. The topological polar surface area (TPSA) is 74.6 Å². The van der Waals surface area contributed by atoms with Gasteiger partial charge in [-0.05, 0) is 6.92 Å². The summed E-state index contributed by atoms with van der Waals surface area (Å²) in [6.07, 6.45) is 0. The Bertz CT molecular complexity index is 354. The Morgan fingerprint density at radius 3 is 2.14 bits per heavy atom. The lowest BCUT2D eigenvalue weighted by molar-refractivity contribution is -0.151. The molecule has 1 aromatic rings. The molecule has 2 N–H and O–H groups in total. The van der Waals surface area contributed by atoms with Gasteiger partial charge in [0, 0.05) is 5.56 Å². The number of carbonyl (C=O) groups excluding carboxylic acids is 1. The summed E-state index contributed by atoms with van der Waals surface area (Å²) in [7, 11) is 0. The monoisotopic (exact) mass is 194 g/mol. The number of carboxylic acids is 1. The summed E-state index contributed by atoms with van der Waals surface area (Å²) >= 11 is 0. The molecule has 0 fully saturated rings. The van der Waals surface area contributed by atoms with Crippen LogP contribution in [0.5, 0.6) is 0 Å². The highest BCUT2D eigenvalue weighted by atomic mass is 16.4. The lowest BCUT2D eigenvalue weighted by atomic mass is 9.95. The molecular weight excluding hydrogens is 184 g/mol. The van der Waals surface area contributed by atoms with Crippen molar-refractivity contribution in [3.05, 3.63) is 35.9 Å². The Hall–Kier alpha value is -1.68. The van der Waals surface area contributed by atoms with E-state index in [0.717, 1.165) is 6.92 Å². The molecule has 0 saturated heterocycles. The van der Waals surface area contributed by atoms with Crippen LogP contribution in [-0.4, -0.2) is 27.6 Å². The Balaban J connectivity index is 3.03. The van der Waals surface area contributed by atoms with Gasteiger partial charge < -0.3 is 10.2 Å². The normalized spacial score (nSPS) is 14.4. The van der Waals surface area contributed by atoms with Crippen molar-refractivity contribution in [3.63, 3.8) is 0 Å². The number of aliphatic hydroxyl groups is 1. The molecule has 74 valence electrons. The second-order valence-corrected chi connectivity index (χ2v) is 3.07. The molecule has 0 saturated carbocycles. The number of benzene rings is 1. The Morgan fingerprint density at radius 1 is 1.21 bits per heavy atom. The fourth-order valence-corrected chi connectivity index (χ4v) is 0.968. The lowest BCUT2D eigenvalue weighted by Crippen LogP contribution is -2.43. The third kappa shape index (κ3) is 1.80. The molecule has 0 radical (unpaired) electrons. The van der Waals surface area contributed by atoms with Crippen molar-refractivity contribution in [3.8, 4) is 0 Å². The van der Waals surface area contributed by atoms with E-state index in [1.54, 1.807) is 18.2 Å². The number of carboxylic acid groups (broad SMARTS) is 1. The van der Waals surface area contributed by atoms with E-state index in [9.17, 15) is 14.7 Å². The van der Waals surface area contributed by atoms with Crippen LogP contribution >= 0.6 is 0 Å². The third-order valence-corrected chi connectivity index (χ3v) is 1.89. The first-order valence-corrected chi connectivity index (χ1v) is 4.02. The van der Waals surface area contributed by atoms with Gasteiger partial charge in [0.05, 0.1) is 0 Å². The highest BCUT2D eigenvalue weighted by Crippen LogP contribution is 2.13. The van der Waals surface area contributed by atoms with Crippen molar-refractivity contribution < 1.29 is 19.8 Å². The number of hydrogen-bond acceptors (Lipinski definition) is 3. The molecule has 0 amide bonds. The molecule has 0 aliphatic heterocycles. The molecule has 0 aliphatic carbocycles. The second kappa shape index (κ2) is 3.59. The van der Waals surface area contributed by atoms with Gasteiger partial charge in [0.25, 0.3) is 0 Å². The Morgan fingerprint density at radius 2 is 1.71 bits per heavy atom. The summed E-state index contributed by atoms with van der Waals surface area (Å²) in [4.78, 5) is 22.0. The van der Waals surface area contributed by atoms with Crippen LogP contribution in [0.15, 0.2) is 30.3 Å². The number of hydrogen-bond donors (Lipinski definition) is 2. The first-order valence-electron chi connectivity index (χ1n) is 4.02. The minimum Gasteiger partial charge on any atom is -0.479 e. The summed E-state index contributed by atoms with van der Waals surface area (Å²) in [6, 6.07) is 7.82. The summed E-state index contributed by atoms with van der Waals surface area (Å²) in [5.74, 6) is -2.36. The first-order chi connectivity index (χ1) is 6.46. The third-order valence-electron chi connectivity index (χ3n) is 1.89. The molecule has 14 heavy (non-hydrogen) atoms. The van der Waals surface area contributed by atoms with Crippen molar-refractivity contribution in [2.45, 2.75) is 12.5 Å². The predicted molar refractivity (Wildman–Crippen MR) is 49.0 cm³/mol. The highest BCUT2D eigenvalue weighted by molar-refractivity contribution is 6.14. The molecule has 4 nitrogen and oxygen atoms in total. The van der Waals surface area contributed by atoms with E-state index in [1.165, 1.54) is 12.1 Å². The molecule has 0 spiro atoms. The van der Waals surface area contributed by atoms with Gasteiger partial charge in [0.2, 0.25) is 11.4 Å². The van der Waals surface area contributed by atoms with E-state index in [4.69, 9.17) is 5.11 Å². The van der Waals surface area contributed by atoms with E-state index in [0.29, 0.717) is 0 Å². The quantitative estimate of drug-likeness (QED) is 0.548. The van der Waals surface area contributed by atoms with Crippen LogP contribution in [-0.2, 0) is 4.79 Å². The largest absolute Gasteiger partial charge is 0.479 e. The van der Waals surface area contributed by atoms with Gasteiger partial charge in [-0.2, -0.15) is 0 Å². The zero-order chi connectivity index (χ0) is 10.8. The van der Waals surface area contributed by atoms with E-state index in [-0.39, 0.29) is 5.56 Å². The van der Waals surface area contributed by atoms with Crippen molar-refractivity contribution in [1.82, 2.24) is 0 Å². The maximum Gasteiger partial charge on any atom is 0.343 e. The minimum atomic E-state index is -2.36. The molecule has 0 bridgehead atoms. The van der Waals surface area contributed by atoms with Crippen molar-refractivity contribution in [1.29, 1.82) is 0 Å². The molecule has 0 aromatic heterocycles. The molecule has 1 atom stereocenters. The second-order valence-electron chi connectivity index (χ2n) is 3.07. The summed E-state index contributed by atoms with van der Waals surface area (Å²) < 4.78 is 0. The number of Topliss-reactive ketones (excluding diaryl/α,β-unsaturated/α-hetero) is 1. The average molecular weight is 194 g/mol. The number of ketones is 1. The molecule has 4 heteroatoms. The van der Waals surface area contributed by atoms with Gasteiger partial charge in [-0.15, -0.1) is 0 Å². The van der Waals surface area contributed by atoms with Gasteiger partial charge in [0.15, 0.2) is 0 Å². The van der Waals surface area contributed by atoms with Crippen LogP contribution in [0.1, 0.15) is 17.3 Å². The molecule has 0 heterocycles. The van der Waals surface area contributed by atoms with E-state index in [1.807, 2.05) is 0 Å². The summed E-state index contributed by atoms with van der Waals surface area (Å²) in [5.41, 5.74) is -2.18. The number of aliphatic carboxylic acids is 1. The van der Waals surface area contributed by atoms with Crippen LogP contribution in [0.25, 0.3) is 0 Å². The number of rotatable bonds is 3. The van der Waals surface area contributed by atoms with Crippen LogP contribution in [0.3, 0.4) is 0 Å². The summed E-state index contributed by atoms with van der Waals surface area (Å²) in [6.45, 7) is 0.963. The van der Waals surface area contributed by atoms with Gasteiger partial charge in [-0.25, -0.2) is 4.79 Å². The fourth-order valence-electron chi connectivity index (χ4n) is 0.968. The van der Waals surface area contributed by atoms with Crippen LogP contribution in [0, 0.1) is 0 Å². The van der Waals surface area contributed by atoms with Gasteiger partial charge >= 0.3 is 5.97 Å². The molecule has 0 unspecified atom stereocenters. The SMILES string of the molecule is C[C@](O)(C(=O)O)C(=O)c1ccccc1. The zero-order valence-electron chi connectivity index (χ0n) is 7.60. The van der Waals surface area contributed by atoms with Crippen LogP contribution < -0.4 is 0 Å². The Labute approximate surface area is 80.8 Å². The van der Waals surface area contributed by atoms with Gasteiger partial charge in [-0.3, -0.25) is 4.79 Å². The van der Waals surface area contributed by atoms with E-state index in [2.05, 4.69) is 0 Å². The van der Waals surface area contributed by atoms with Gasteiger partial charge in [-0.1, -0.05) is 30.3 Å². The summed E-state index contributed by atoms with van der Waals surface area (Å²) in [5, 5.41) is 18.0. The highest BCUT2D eigenvalue weighted by Gasteiger charge is 2.39. The smallest absolute Gasteiger partial charge is 0.343 e. The van der Waals surface area contributed by atoms with Gasteiger partial charge in [0.1, 0.15) is 0 Å². The van der Waals surface area contributed by atoms with E-state index >= 15 is 0 Å². The van der Waals surface area contributed by atoms with E-state index < -0.39 is 17.4 Å². The molecular formula is C10H10O4. The molecule has 1 aromatic carbocycles. The Kier molecular flexibility index (Phi) is 2.67. The molecule has 1 rings (SSSR count). The zero-order valence-corrected chi connectivity index (χ0v) is 7.60. The van der Waals surface area contributed by atoms with Crippen molar-refractivity contribution in [2.75, 3.05) is 0 Å². The fraction of sp³-hybridized carbons (Fsp3) is 0.200. The molecule has 0 aliphatic rings. The van der Waals surface area contributed by atoms with Crippen molar-refractivity contribution >= 4 is 11.8 Å². The lowest BCUT2D eigenvalue weighted by Gasteiger charge is -2.15.